The van der Waals surface area contributed by atoms with E-state index in [2.05, 4.69) is 5.32 Å². The van der Waals surface area contributed by atoms with Crippen molar-refractivity contribution in [2.45, 2.75) is 32.5 Å². The topological polar surface area (TPSA) is 80.6 Å². The molecule has 0 fully saturated rings. The van der Waals surface area contributed by atoms with E-state index >= 15 is 0 Å². The lowest BCUT2D eigenvalue weighted by Gasteiger charge is -2.21. The first kappa shape index (κ1) is 17.5. The molecule has 2 aromatic rings. The van der Waals surface area contributed by atoms with Crippen LogP contribution in [0.3, 0.4) is 0 Å². The minimum Gasteiger partial charge on any atom is -0.477 e. The molecule has 0 spiro atoms. The van der Waals surface area contributed by atoms with Crippen LogP contribution in [-0.2, 0) is 17.9 Å². The number of ether oxygens (including phenoxy) is 1. The maximum absolute atomic E-state index is 12.8. The summed E-state index contributed by atoms with van der Waals surface area (Å²) < 4.78 is 7.04. The second-order valence-electron chi connectivity index (χ2n) is 5.86. The van der Waals surface area contributed by atoms with Gasteiger partial charge in [0.15, 0.2) is 0 Å². The summed E-state index contributed by atoms with van der Waals surface area (Å²) in [6, 6.07) is 8.52. The fraction of sp³-hybridized carbons (Fsp3) is 0.333. The van der Waals surface area contributed by atoms with E-state index in [1.807, 2.05) is 25.1 Å². The average molecular weight is 363 g/mol. The zero-order chi connectivity index (χ0) is 18.0. The highest BCUT2D eigenvalue weighted by Gasteiger charge is 2.27. The molecule has 0 unspecified atom stereocenters. The predicted molar refractivity (Wildman–Crippen MR) is 93.0 cm³/mol. The first-order valence-corrected chi connectivity index (χ1v) is 8.49. The molecule has 1 aliphatic heterocycles. The molecule has 0 saturated heterocycles. The van der Waals surface area contributed by atoms with Gasteiger partial charge in [-0.1, -0.05) is 36.7 Å². The lowest BCUT2D eigenvalue weighted by atomic mass is 10.0. The Kier molecular flexibility index (Phi) is 5.11. The molecule has 1 aromatic carbocycles. The first-order chi connectivity index (χ1) is 12.0. The van der Waals surface area contributed by atoms with E-state index in [0.717, 1.165) is 5.56 Å². The summed E-state index contributed by atoms with van der Waals surface area (Å²) in [5.74, 6) is -1.38. The van der Waals surface area contributed by atoms with Crippen LogP contribution in [-0.4, -0.2) is 28.2 Å². The SMILES string of the molecule is CC[C@@H](NC(=O)c1cc(C(=O)O)n2c1COCC2)c1ccccc1Cl. The third-order valence-electron chi connectivity index (χ3n) is 4.36. The molecule has 1 amide bonds. The van der Waals surface area contributed by atoms with Crippen molar-refractivity contribution in [1.29, 1.82) is 0 Å². The number of aromatic carboxylic acids is 1. The number of carboxylic acids is 1. The van der Waals surface area contributed by atoms with Crippen LogP contribution in [0.25, 0.3) is 0 Å². The normalized spacial score (nSPS) is 14.6. The number of hydrogen-bond acceptors (Lipinski definition) is 3. The van der Waals surface area contributed by atoms with Crippen molar-refractivity contribution < 1.29 is 19.4 Å². The first-order valence-electron chi connectivity index (χ1n) is 8.11. The van der Waals surface area contributed by atoms with E-state index < -0.39 is 5.97 Å². The minimum absolute atomic E-state index is 0.106. The molecule has 7 heteroatoms. The Hall–Kier alpha value is -2.31. The summed E-state index contributed by atoms with van der Waals surface area (Å²) in [7, 11) is 0. The average Bonchev–Trinajstić information content (AvgIpc) is 3.00. The standard InChI is InChI=1S/C18H19ClN2O4/c1-2-14(11-5-3-4-6-13(11)19)20-17(22)12-9-15(18(23)24)21-7-8-25-10-16(12)21/h3-6,9,14H,2,7-8,10H2,1H3,(H,20,22)(H,23,24)/t14-/m1/s1. The predicted octanol–water partition coefficient (Wildman–Crippen LogP) is 3.25. The van der Waals surface area contributed by atoms with Gasteiger partial charge in [-0.3, -0.25) is 4.79 Å². The molecule has 2 N–H and O–H groups in total. The Bertz CT molecular complexity index is 815. The molecular formula is C18H19ClN2O4. The molecule has 3 rings (SSSR count). The van der Waals surface area contributed by atoms with Gasteiger partial charge in [0, 0.05) is 11.6 Å². The van der Waals surface area contributed by atoms with Gasteiger partial charge in [-0.15, -0.1) is 0 Å². The molecule has 132 valence electrons. The molecule has 25 heavy (non-hydrogen) atoms. The van der Waals surface area contributed by atoms with Crippen molar-refractivity contribution in [2.24, 2.45) is 0 Å². The molecule has 0 aliphatic carbocycles. The number of carbonyl (C=O) groups is 2. The Morgan fingerprint density at radius 3 is 2.84 bits per heavy atom. The van der Waals surface area contributed by atoms with E-state index in [9.17, 15) is 14.7 Å². The van der Waals surface area contributed by atoms with Crippen LogP contribution < -0.4 is 5.32 Å². The van der Waals surface area contributed by atoms with Gasteiger partial charge in [-0.2, -0.15) is 0 Å². The van der Waals surface area contributed by atoms with Crippen LogP contribution in [0.5, 0.6) is 0 Å². The number of hydrogen-bond donors (Lipinski definition) is 2. The molecule has 1 aliphatic rings. The number of benzene rings is 1. The van der Waals surface area contributed by atoms with E-state index in [4.69, 9.17) is 16.3 Å². The lowest BCUT2D eigenvalue weighted by molar-refractivity contribution is 0.0642. The zero-order valence-corrected chi connectivity index (χ0v) is 14.5. The van der Waals surface area contributed by atoms with Crippen LogP contribution in [0.1, 0.15) is 51.5 Å². The second-order valence-corrected chi connectivity index (χ2v) is 6.26. The molecule has 0 radical (unpaired) electrons. The quantitative estimate of drug-likeness (QED) is 0.855. The third-order valence-corrected chi connectivity index (χ3v) is 4.71. The summed E-state index contributed by atoms with van der Waals surface area (Å²) in [6.07, 6.45) is 0.661. The molecule has 1 aromatic heterocycles. The summed E-state index contributed by atoms with van der Waals surface area (Å²) in [6.45, 7) is 3.03. The second kappa shape index (κ2) is 7.29. The van der Waals surface area contributed by atoms with E-state index in [-0.39, 0.29) is 24.2 Å². The number of rotatable bonds is 5. The number of nitrogens with zero attached hydrogens (tertiary/aromatic N) is 1. The minimum atomic E-state index is -1.06. The Balaban J connectivity index is 1.91. The highest BCUT2D eigenvalue weighted by atomic mass is 35.5. The Morgan fingerprint density at radius 2 is 2.16 bits per heavy atom. The van der Waals surface area contributed by atoms with E-state index in [1.165, 1.54) is 6.07 Å². The van der Waals surface area contributed by atoms with Gasteiger partial charge in [0.1, 0.15) is 5.69 Å². The van der Waals surface area contributed by atoms with Gasteiger partial charge in [0.05, 0.1) is 30.5 Å². The van der Waals surface area contributed by atoms with Crippen LogP contribution in [0, 0.1) is 0 Å². The smallest absolute Gasteiger partial charge is 0.352 e. The largest absolute Gasteiger partial charge is 0.477 e. The summed E-state index contributed by atoms with van der Waals surface area (Å²) in [4.78, 5) is 24.2. The number of carboxylic acid groups (broad SMARTS) is 1. The van der Waals surface area contributed by atoms with Crippen molar-refractivity contribution in [3.05, 3.63) is 57.9 Å². The van der Waals surface area contributed by atoms with Crippen LogP contribution in [0.2, 0.25) is 5.02 Å². The van der Waals surface area contributed by atoms with Crippen molar-refractivity contribution in [2.75, 3.05) is 6.61 Å². The van der Waals surface area contributed by atoms with Gasteiger partial charge < -0.3 is 19.7 Å². The van der Waals surface area contributed by atoms with Gasteiger partial charge in [-0.05, 0) is 24.1 Å². The van der Waals surface area contributed by atoms with Gasteiger partial charge in [-0.25, -0.2) is 4.79 Å². The van der Waals surface area contributed by atoms with Crippen LogP contribution in [0.4, 0.5) is 0 Å². The third kappa shape index (κ3) is 3.41. The maximum Gasteiger partial charge on any atom is 0.352 e. The van der Waals surface area contributed by atoms with Gasteiger partial charge >= 0.3 is 5.97 Å². The fourth-order valence-electron chi connectivity index (χ4n) is 3.09. The highest BCUT2D eigenvalue weighted by Crippen LogP contribution is 2.26. The number of halogens is 1. The molecule has 0 bridgehead atoms. The van der Waals surface area contributed by atoms with Crippen LogP contribution in [0.15, 0.2) is 30.3 Å². The summed E-state index contributed by atoms with van der Waals surface area (Å²) >= 11 is 6.24. The number of nitrogens with one attached hydrogen (secondary N) is 1. The maximum atomic E-state index is 12.8. The zero-order valence-electron chi connectivity index (χ0n) is 13.8. The van der Waals surface area contributed by atoms with E-state index in [1.54, 1.807) is 10.6 Å². The number of aromatic nitrogens is 1. The van der Waals surface area contributed by atoms with Crippen LogP contribution >= 0.6 is 11.6 Å². The highest BCUT2D eigenvalue weighted by molar-refractivity contribution is 6.31. The molecule has 6 nitrogen and oxygen atoms in total. The number of fused-ring (bicyclic) bond motifs is 1. The molecular weight excluding hydrogens is 344 g/mol. The number of carbonyl (C=O) groups excluding carboxylic acids is 1. The Labute approximate surface area is 150 Å². The van der Waals surface area contributed by atoms with Crippen molar-refractivity contribution in [3.8, 4) is 0 Å². The van der Waals surface area contributed by atoms with Crippen molar-refractivity contribution >= 4 is 23.5 Å². The monoisotopic (exact) mass is 362 g/mol. The van der Waals surface area contributed by atoms with Crippen molar-refractivity contribution in [1.82, 2.24) is 9.88 Å². The van der Waals surface area contributed by atoms with Gasteiger partial charge in [0.25, 0.3) is 5.91 Å². The molecule has 1 atom stereocenters. The summed E-state index contributed by atoms with van der Waals surface area (Å²) in [5.41, 5.74) is 1.87. The lowest BCUT2D eigenvalue weighted by Crippen LogP contribution is -2.30. The molecule has 0 saturated carbocycles. The van der Waals surface area contributed by atoms with E-state index in [0.29, 0.717) is 35.9 Å². The summed E-state index contributed by atoms with van der Waals surface area (Å²) in [5, 5.41) is 12.9. The molecule has 2 heterocycles. The van der Waals surface area contributed by atoms with Crippen molar-refractivity contribution in [3.63, 3.8) is 0 Å². The van der Waals surface area contributed by atoms with Gasteiger partial charge in [0.2, 0.25) is 0 Å². The Morgan fingerprint density at radius 1 is 1.40 bits per heavy atom. The fourth-order valence-corrected chi connectivity index (χ4v) is 3.36. The number of amides is 1.